The maximum Gasteiger partial charge on any atom is 0.147 e. The molecule has 3 N–H and O–H groups in total. The highest BCUT2D eigenvalue weighted by molar-refractivity contribution is 9.10. The smallest absolute Gasteiger partial charge is 0.147 e. The van der Waals surface area contributed by atoms with Crippen molar-refractivity contribution in [3.63, 3.8) is 0 Å². The van der Waals surface area contributed by atoms with Crippen molar-refractivity contribution in [2.75, 3.05) is 17.7 Å². The number of nitrogens with two attached hydrogens (primary N) is 1. The molecule has 2 aromatic carbocycles. The zero-order valence-corrected chi connectivity index (χ0v) is 12.0. The molecule has 5 heteroatoms. The van der Waals surface area contributed by atoms with Crippen molar-refractivity contribution < 1.29 is 9.13 Å². The molecule has 2 aromatic rings. The van der Waals surface area contributed by atoms with Crippen LogP contribution < -0.4 is 15.8 Å². The van der Waals surface area contributed by atoms with E-state index in [0.717, 1.165) is 0 Å². The molecule has 0 aliphatic heterocycles. The maximum absolute atomic E-state index is 13.7. The number of ether oxygens (including phenoxy) is 1. The third-order valence-corrected chi connectivity index (χ3v) is 3.13. The normalized spacial score (nSPS) is 10.3. The monoisotopic (exact) mass is 324 g/mol. The van der Waals surface area contributed by atoms with Gasteiger partial charge in [-0.25, -0.2) is 4.39 Å². The van der Waals surface area contributed by atoms with E-state index in [1.54, 1.807) is 30.3 Å². The van der Waals surface area contributed by atoms with E-state index in [1.165, 1.54) is 6.07 Å². The third kappa shape index (κ3) is 3.38. The van der Waals surface area contributed by atoms with Gasteiger partial charge in [0, 0.05) is 28.0 Å². The van der Waals surface area contributed by atoms with E-state index in [0.29, 0.717) is 33.9 Å². The molecule has 0 aromatic heterocycles. The molecule has 0 saturated carbocycles. The molecule has 3 nitrogen and oxygen atoms in total. The van der Waals surface area contributed by atoms with Crippen LogP contribution in [0.25, 0.3) is 0 Å². The molecule has 2 rings (SSSR count). The molecule has 0 spiro atoms. The minimum absolute atomic E-state index is 0.338. The Bertz CT molecular complexity index is 569. The van der Waals surface area contributed by atoms with Crippen LogP contribution in [0.4, 0.5) is 21.5 Å². The summed E-state index contributed by atoms with van der Waals surface area (Å²) >= 11 is 3.31. The molecule has 100 valence electrons. The maximum atomic E-state index is 13.7. The van der Waals surface area contributed by atoms with Gasteiger partial charge >= 0.3 is 0 Å². The van der Waals surface area contributed by atoms with Gasteiger partial charge in [0.05, 0.1) is 12.3 Å². The number of hydrogen-bond acceptors (Lipinski definition) is 3. The van der Waals surface area contributed by atoms with Crippen molar-refractivity contribution in [2.45, 2.75) is 6.92 Å². The van der Waals surface area contributed by atoms with Gasteiger partial charge in [-0.05, 0) is 41.1 Å². The first-order chi connectivity index (χ1) is 9.10. The van der Waals surface area contributed by atoms with Crippen molar-refractivity contribution in [1.82, 2.24) is 0 Å². The van der Waals surface area contributed by atoms with Crippen molar-refractivity contribution in [2.24, 2.45) is 0 Å². The van der Waals surface area contributed by atoms with Crippen LogP contribution >= 0.6 is 15.9 Å². The molecule has 0 aliphatic rings. The Balaban J connectivity index is 2.33. The standard InChI is InChI=1S/C14H14BrFN2O/c1-2-19-11-7-9(17)6-10(8-11)18-14-12(15)4-3-5-13(14)16/h3-8,18H,2,17H2,1H3. The average Bonchev–Trinajstić information content (AvgIpc) is 2.34. The zero-order valence-electron chi connectivity index (χ0n) is 10.4. The Labute approximate surface area is 119 Å². The molecule has 0 atom stereocenters. The molecular formula is C14H14BrFN2O. The summed E-state index contributed by atoms with van der Waals surface area (Å²) in [7, 11) is 0. The number of hydrogen-bond donors (Lipinski definition) is 2. The molecule has 0 radical (unpaired) electrons. The fourth-order valence-corrected chi connectivity index (χ4v) is 2.15. The summed E-state index contributed by atoms with van der Waals surface area (Å²) in [6.07, 6.45) is 0. The number of para-hydroxylation sites is 1. The SMILES string of the molecule is CCOc1cc(N)cc(Nc2c(F)cccc2Br)c1. The highest BCUT2D eigenvalue weighted by Gasteiger charge is 2.08. The fourth-order valence-electron chi connectivity index (χ4n) is 1.71. The number of anilines is 3. The lowest BCUT2D eigenvalue weighted by Crippen LogP contribution is -1.98. The highest BCUT2D eigenvalue weighted by Crippen LogP contribution is 2.31. The van der Waals surface area contributed by atoms with E-state index in [4.69, 9.17) is 10.5 Å². The van der Waals surface area contributed by atoms with Gasteiger partial charge < -0.3 is 15.8 Å². The average molecular weight is 325 g/mol. The summed E-state index contributed by atoms with van der Waals surface area (Å²) in [5.74, 6) is 0.312. The van der Waals surface area contributed by atoms with Crippen LogP contribution in [0.5, 0.6) is 5.75 Å². The molecule has 0 bridgehead atoms. The van der Waals surface area contributed by atoms with Crippen molar-refractivity contribution in [3.8, 4) is 5.75 Å². The van der Waals surface area contributed by atoms with Crippen LogP contribution in [0, 0.1) is 5.82 Å². The van der Waals surface area contributed by atoms with E-state index in [2.05, 4.69) is 21.2 Å². The van der Waals surface area contributed by atoms with Gasteiger partial charge in [0.15, 0.2) is 0 Å². The summed E-state index contributed by atoms with van der Waals surface area (Å²) < 4.78 is 19.8. The Morgan fingerprint density at radius 1 is 1.32 bits per heavy atom. The van der Waals surface area contributed by atoms with Crippen LogP contribution in [-0.4, -0.2) is 6.61 Å². The number of benzene rings is 2. The highest BCUT2D eigenvalue weighted by atomic mass is 79.9. The quantitative estimate of drug-likeness (QED) is 0.824. The molecule has 0 fully saturated rings. The summed E-state index contributed by atoms with van der Waals surface area (Å²) in [6.45, 7) is 2.44. The van der Waals surface area contributed by atoms with Crippen LogP contribution in [0.15, 0.2) is 40.9 Å². The Morgan fingerprint density at radius 3 is 2.79 bits per heavy atom. The van der Waals surface area contributed by atoms with Crippen LogP contribution in [0.2, 0.25) is 0 Å². The molecule has 0 heterocycles. The predicted molar refractivity (Wildman–Crippen MR) is 79.4 cm³/mol. The van der Waals surface area contributed by atoms with Crippen molar-refractivity contribution >= 4 is 33.0 Å². The van der Waals surface area contributed by atoms with E-state index in [9.17, 15) is 4.39 Å². The number of nitrogen functional groups attached to an aromatic ring is 1. The van der Waals surface area contributed by atoms with Gasteiger partial charge in [-0.2, -0.15) is 0 Å². The first kappa shape index (κ1) is 13.7. The molecule has 0 aliphatic carbocycles. The molecule has 0 unspecified atom stereocenters. The second kappa shape index (κ2) is 5.93. The summed E-state index contributed by atoms with van der Waals surface area (Å²) in [5.41, 5.74) is 7.40. The van der Waals surface area contributed by atoms with Crippen molar-refractivity contribution in [3.05, 3.63) is 46.7 Å². The molecule has 0 saturated heterocycles. The molecular weight excluding hydrogens is 311 g/mol. The second-order valence-electron chi connectivity index (χ2n) is 3.95. The lowest BCUT2D eigenvalue weighted by Gasteiger charge is -2.12. The number of halogens is 2. The topological polar surface area (TPSA) is 47.3 Å². The Hall–Kier alpha value is -1.75. The van der Waals surface area contributed by atoms with E-state index < -0.39 is 0 Å². The van der Waals surface area contributed by atoms with Gasteiger partial charge in [0.25, 0.3) is 0 Å². The summed E-state index contributed by atoms with van der Waals surface area (Å²) in [6, 6.07) is 10.0. The van der Waals surface area contributed by atoms with Gasteiger partial charge in [-0.3, -0.25) is 0 Å². The van der Waals surface area contributed by atoms with Gasteiger partial charge in [-0.15, -0.1) is 0 Å². The van der Waals surface area contributed by atoms with Gasteiger partial charge in [0.1, 0.15) is 11.6 Å². The predicted octanol–water partition coefficient (Wildman–Crippen LogP) is 4.31. The van der Waals surface area contributed by atoms with E-state index in [1.807, 2.05) is 6.92 Å². The second-order valence-corrected chi connectivity index (χ2v) is 4.80. The van der Waals surface area contributed by atoms with Crippen molar-refractivity contribution in [1.29, 1.82) is 0 Å². The minimum Gasteiger partial charge on any atom is -0.494 e. The lowest BCUT2D eigenvalue weighted by atomic mass is 10.2. The first-order valence-corrected chi connectivity index (χ1v) is 6.64. The van der Waals surface area contributed by atoms with Gasteiger partial charge in [0.2, 0.25) is 0 Å². The van der Waals surface area contributed by atoms with Crippen LogP contribution in [0.3, 0.4) is 0 Å². The summed E-state index contributed by atoms with van der Waals surface area (Å²) in [4.78, 5) is 0. The Kier molecular flexibility index (Phi) is 4.27. The largest absolute Gasteiger partial charge is 0.494 e. The van der Waals surface area contributed by atoms with Crippen LogP contribution in [-0.2, 0) is 0 Å². The molecule has 0 amide bonds. The van der Waals surface area contributed by atoms with E-state index >= 15 is 0 Å². The van der Waals surface area contributed by atoms with Gasteiger partial charge in [-0.1, -0.05) is 6.07 Å². The third-order valence-electron chi connectivity index (χ3n) is 2.47. The fraction of sp³-hybridized carbons (Fsp3) is 0.143. The first-order valence-electron chi connectivity index (χ1n) is 5.84. The minimum atomic E-state index is -0.338. The molecule has 19 heavy (non-hydrogen) atoms. The van der Waals surface area contributed by atoms with Crippen LogP contribution in [0.1, 0.15) is 6.92 Å². The summed E-state index contributed by atoms with van der Waals surface area (Å²) in [5, 5.41) is 3.00. The zero-order chi connectivity index (χ0) is 13.8. The Morgan fingerprint density at radius 2 is 2.11 bits per heavy atom. The number of nitrogens with one attached hydrogen (secondary N) is 1. The lowest BCUT2D eigenvalue weighted by molar-refractivity contribution is 0.340. The number of rotatable bonds is 4. The van der Waals surface area contributed by atoms with E-state index in [-0.39, 0.29) is 5.82 Å².